The molecule has 3 aromatic carbocycles. The normalized spacial score (nSPS) is 19.2. The number of amides is 1. The highest BCUT2D eigenvalue weighted by molar-refractivity contribution is 7.46. The van der Waals surface area contributed by atoms with E-state index in [4.69, 9.17) is 9.79 Å². The minimum Gasteiger partial charge on any atom is -0.336 e. The standard InChI is InChI=1S/C27H27F3NO5P/c1-18(19-2-4-20(5-3-19)24-11-10-23(29)16-25(24)30)31-14-12-27(17-26(31)32,13-15-36-37(33,34)35)21-6-8-22(28)9-7-21/h2-11,16,18H,12-15,17H2,1H3,(H2,33,34,35)/t18-,27+/m0/s1. The number of hydrogen-bond acceptors (Lipinski definition) is 3. The monoisotopic (exact) mass is 533 g/mol. The lowest BCUT2D eigenvalue weighted by Crippen LogP contribution is -2.47. The molecule has 1 aliphatic rings. The van der Waals surface area contributed by atoms with Crippen molar-refractivity contribution in [2.45, 2.75) is 37.6 Å². The smallest absolute Gasteiger partial charge is 0.336 e. The maximum atomic E-state index is 14.2. The van der Waals surface area contributed by atoms with Crippen molar-refractivity contribution in [1.29, 1.82) is 0 Å². The van der Waals surface area contributed by atoms with Gasteiger partial charge in [-0.15, -0.1) is 0 Å². The average Bonchev–Trinajstić information content (AvgIpc) is 2.83. The zero-order valence-corrected chi connectivity index (χ0v) is 21.0. The third-order valence-corrected chi connectivity index (χ3v) is 7.56. The Balaban J connectivity index is 1.52. The Bertz CT molecular complexity index is 1310. The number of likely N-dealkylation sites (tertiary alicyclic amines) is 1. The molecule has 2 N–H and O–H groups in total. The van der Waals surface area contributed by atoms with Crippen LogP contribution < -0.4 is 0 Å². The summed E-state index contributed by atoms with van der Waals surface area (Å²) in [5.41, 5.74) is 1.63. The summed E-state index contributed by atoms with van der Waals surface area (Å²) in [4.78, 5) is 33.2. The van der Waals surface area contributed by atoms with Gasteiger partial charge in [0.05, 0.1) is 12.6 Å². The Morgan fingerprint density at radius 1 is 1.00 bits per heavy atom. The SMILES string of the molecule is C[C@@H](c1ccc(-c2ccc(F)cc2F)cc1)N1CC[C@](CCOP(=O)(O)O)(c2ccc(F)cc2)CC1=O. The van der Waals surface area contributed by atoms with Crippen molar-refractivity contribution < 1.29 is 36.8 Å². The van der Waals surface area contributed by atoms with Crippen molar-refractivity contribution in [1.82, 2.24) is 4.90 Å². The number of phosphoric acid groups is 1. The fourth-order valence-corrected chi connectivity index (χ4v) is 5.29. The largest absolute Gasteiger partial charge is 0.469 e. The highest BCUT2D eigenvalue weighted by Crippen LogP contribution is 2.43. The van der Waals surface area contributed by atoms with Crippen molar-refractivity contribution in [2.24, 2.45) is 0 Å². The third-order valence-electron chi connectivity index (χ3n) is 7.04. The number of benzene rings is 3. The molecule has 1 heterocycles. The molecular formula is C27H27F3NO5P. The van der Waals surface area contributed by atoms with Gasteiger partial charge >= 0.3 is 7.82 Å². The molecule has 0 spiro atoms. The van der Waals surface area contributed by atoms with Gasteiger partial charge in [-0.25, -0.2) is 17.7 Å². The summed E-state index contributed by atoms with van der Waals surface area (Å²) >= 11 is 0. The lowest BCUT2D eigenvalue weighted by molar-refractivity contribution is -0.138. The Morgan fingerprint density at radius 3 is 2.24 bits per heavy atom. The lowest BCUT2D eigenvalue weighted by atomic mass is 9.70. The molecule has 1 aliphatic heterocycles. The first-order chi connectivity index (χ1) is 17.5. The van der Waals surface area contributed by atoms with Crippen molar-refractivity contribution >= 4 is 13.7 Å². The molecule has 10 heteroatoms. The summed E-state index contributed by atoms with van der Waals surface area (Å²) in [6.45, 7) is 1.99. The molecule has 0 radical (unpaired) electrons. The summed E-state index contributed by atoms with van der Waals surface area (Å²) in [6, 6.07) is 15.9. The van der Waals surface area contributed by atoms with Gasteiger partial charge in [0.2, 0.25) is 5.91 Å². The van der Waals surface area contributed by atoms with Gasteiger partial charge in [0.15, 0.2) is 0 Å². The van der Waals surface area contributed by atoms with Crippen LogP contribution in [0.5, 0.6) is 0 Å². The topological polar surface area (TPSA) is 87.1 Å². The number of carbonyl (C=O) groups is 1. The lowest BCUT2D eigenvalue weighted by Gasteiger charge is -2.44. The number of hydrogen-bond donors (Lipinski definition) is 2. The molecule has 4 rings (SSSR count). The molecule has 6 nitrogen and oxygen atoms in total. The van der Waals surface area contributed by atoms with Gasteiger partial charge in [-0.2, -0.15) is 0 Å². The second kappa shape index (κ2) is 10.8. The first-order valence-electron chi connectivity index (χ1n) is 11.8. The number of halogens is 3. The van der Waals surface area contributed by atoms with Crippen LogP contribution in [0.25, 0.3) is 11.1 Å². The molecule has 0 saturated carbocycles. The van der Waals surface area contributed by atoms with Gasteiger partial charge < -0.3 is 14.7 Å². The highest BCUT2D eigenvalue weighted by Gasteiger charge is 2.42. The molecular weight excluding hydrogens is 506 g/mol. The molecule has 0 bridgehead atoms. The van der Waals surface area contributed by atoms with E-state index in [1.165, 1.54) is 24.3 Å². The van der Waals surface area contributed by atoms with Crippen LogP contribution in [0.3, 0.4) is 0 Å². The van der Waals surface area contributed by atoms with Gasteiger partial charge in [0.25, 0.3) is 0 Å². The predicted molar refractivity (Wildman–Crippen MR) is 132 cm³/mol. The van der Waals surface area contributed by atoms with E-state index in [0.29, 0.717) is 24.1 Å². The van der Waals surface area contributed by atoms with E-state index in [0.717, 1.165) is 11.6 Å². The summed E-state index contributed by atoms with van der Waals surface area (Å²) in [6.07, 6.45) is 0.722. The summed E-state index contributed by atoms with van der Waals surface area (Å²) < 4.78 is 56.8. The van der Waals surface area contributed by atoms with E-state index in [-0.39, 0.29) is 37.0 Å². The second-order valence-corrected chi connectivity index (χ2v) is 10.5. The first kappa shape index (κ1) is 27.1. The summed E-state index contributed by atoms with van der Waals surface area (Å²) in [5, 5.41) is 0. The molecule has 0 aromatic heterocycles. The van der Waals surface area contributed by atoms with Crippen LogP contribution in [0.4, 0.5) is 13.2 Å². The maximum Gasteiger partial charge on any atom is 0.469 e. The minimum atomic E-state index is -4.68. The molecule has 1 saturated heterocycles. The fourth-order valence-electron chi connectivity index (χ4n) is 4.96. The fraction of sp³-hybridized carbons (Fsp3) is 0.296. The Kier molecular flexibility index (Phi) is 7.90. The van der Waals surface area contributed by atoms with E-state index >= 15 is 0 Å². The Hall–Kier alpha value is -2.97. The third kappa shape index (κ3) is 6.30. The number of nitrogens with zero attached hydrogens (tertiary/aromatic N) is 1. The quantitative estimate of drug-likeness (QED) is 0.353. The van der Waals surface area contributed by atoms with E-state index < -0.39 is 30.7 Å². The van der Waals surface area contributed by atoms with Gasteiger partial charge in [-0.1, -0.05) is 36.4 Å². The van der Waals surface area contributed by atoms with Gasteiger partial charge in [-0.3, -0.25) is 9.32 Å². The zero-order chi connectivity index (χ0) is 26.8. The van der Waals surface area contributed by atoms with Crippen LogP contribution in [0.2, 0.25) is 0 Å². The van der Waals surface area contributed by atoms with Gasteiger partial charge in [0, 0.05) is 30.0 Å². The highest BCUT2D eigenvalue weighted by atomic mass is 31.2. The molecule has 2 atom stereocenters. The average molecular weight is 533 g/mol. The van der Waals surface area contributed by atoms with Crippen molar-refractivity contribution in [3.05, 3.63) is 95.3 Å². The first-order valence-corrected chi connectivity index (χ1v) is 13.3. The van der Waals surface area contributed by atoms with Crippen LogP contribution in [-0.2, 0) is 19.3 Å². The number of rotatable bonds is 8. The number of carbonyl (C=O) groups excluding carboxylic acids is 1. The van der Waals surface area contributed by atoms with E-state index in [1.807, 2.05) is 6.92 Å². The predicted octanol–water partition coefficient (Wildman–Crippen LogP) is 5.89. The van der Waals surface area contributed by atoms with E-state index in [1.54, 1.807) is 41.3 Å². The summed E-state index contributed by atoms with van der Waals surface area (Å²) in [7, 11) is -4.68. The summed E-state index contributed by atoms with van der Waals surface area (Å²) in [5.74, 6) is -1.90. The second-order valence-electron chi connectivity index (χ2n) is 9.30. The molecule has 37 heavy (non-hydrogen) atoms. The molecule has 1 fully saturated rings. The van der Waals surface area contributed by atoms with Crippen molar-refractivity contribution in [3.63, 3.8) is 0 Å². The van der Waals surface area contributed by atoms with E-state index in [2.05, 4.69) is 4.52 Å². The van der Waals surface area contributed by atoms with Gasteiger partial charge in [-0.05, 0) is 60.7 Å². The Labute approximate surface area is 212 Å². The molecule has 1 amide bonds. The van der Waals surface area contributed by atoms with Gasteiger partial charge in [0.1, 0.15) is 17.5 Å². The maximum absolute atomic E-state index is 14.2. The number of phosphoric ester groups is 1. The zero-order valence-electron chi connectivity index (χ0n) is 20.1. The van der Waals surface area contributed by atoms with Crippen LogP contribution in [0.1, 0.15) is 43.4 Å². The van der Waals surface area contributed by atoms with Crippen LogP contribution >= 0.6 is 7.82 Å². The van der Waals surface area contributed by atoms with E-state index in [9.17, 15) is 22.5 Å². The van der Waals surface area contributed by atoms with Crippen LogP contribution in [-0.4, -0.2) is 33.7 Å². The molecule has 0 aliphatic carbocycles. The van der Waals surface area contributed by atoms with Crippen molar-refractivity contribution in [3.8, 4) is 11.1 Å². The molecule has 3 aromatic rings. The minimum absolute atomic E-state index is 0.0619. The number of piperidine rings is 1. The van der Waals surface area contributed by atoms with Crippen molar-refractivity contribution in [2.75, 3.05) is 13.2 Å². The van der Waals surface area contributed by atoms with Crippen LogP contribution in [0.15, 0.2) is 66.7 Å². The Morgan fingerprint density at radius 2 is 1.65 bits per heavy atom. The van der Waals surface area contributed by atoms with Crippen LogP contribution in [0, 0.1) is 17.5 Å². The molecule has 196 valence electrons. The molecule has 0 unspecified atom stereocenters.